The van der Waals surface area contributed by atoms with Crippen LogP contribution in [0.5, 0.6) is 0 Å². The van der Waals surface area contributed by atoms with Crippen molar-refractivity contribution < 1.29 is 9.59 Å². The summed E-state index contributed by atoms with van der Waals surface area (Å²) in [5.41, 5.74) is 1.62. The van der Waals surface area contributed by atoms with Gasteiger partial charge in [0.1, 0.15) is 6.04 Å². The second-order valence-electron chi connectivity index (χ2n) is 9.46. The van der Waals surface area contributed by atoms with Crippen molar-refractivity contribution in [3.8, 4) is 0 Å². The molecular weight excluding hydrogens is 448 g/mol. The maximum absolute atomic E-state index is 13.2. The molecule has 1 saturated carbocycles. The van der Waals surface area contributed by atoms with E-state index in [1.165, 1.54) is 32.1 Å². The van der Waals surface area contributed by atoms with E-state index in [2.05, 4.69) is 20.9 Å². The summed E-state index contributed by atoms with van der Waals surface area (Å²) >= 11 is 5.93. The van der Waals surface area contributed by atoms with Crippen molar-refractivity contribution in [3.63, 3.8) is 0 Å². The number of hydrogen-bond donors (Lipinski definition) is 3. The van der Waals surface area contributed by atoms with Gasteiger partial charge in [-0.2, -0.15) is 0 Å². The van der Waals surface area contributed by atoms with Gasteiger partial charge in [0.15, 0.2) is 0 Å². The normalized spacial score (nSPS) is 18.7. The van der Waals surface area contributed by atoms with Gasteiger partial charge in [0.25, 0.3) is 0 Å². The summed E-state index contributed by atoms with van der Waals surface area (Å²) in [4.78, 5) is 28.5. The molecule has 1 aliphatic heterocycles. The number of carbonyl (C=O) groups is 2. The van der Waals surface area contributed by atoms with E-state index in [1.54, 1.807) is 24.3 Å². The van der Waals surface area contributed by atoms with E-state index in [0.717, 1.165) is 37.5 Å². The Kier molecular flexibility index (Phi) is 8.83. The molecule has 2 fully saturated rings. The van der Waals surface area contributed by atoms with E-state index >= 15 is 0 Å². The first-order chi connectivity index (χ1) is 16.6. The predicted molar refractivity (Wildman–Crippen MR) is 137 cm³/mol. The van der Waals surface area contributed by atoms with Gasteiger partial charge in [0.05, 0.1) is 0 Å². The maximum atomic E-state index is 13.2. The van der Waals surface area contributed by atoms with Crippen LogP contribution in [-0.4, -0.2) is 48.1 Å². The number of benzene rings is 2. The maximum Gasteiger partial charge on any atom is 0.319 e. The SMILES string of the molecule is O=C(Nc1ccc(Cl)cc1)N[C@@H](Cc1ccccc1)C(=O)NC1CCN(C2CCCCC2)CC1. The first-order valence-electron chi connectivity index (χ1n) is 12.5. The zero-order valence-corrected chi connectivity index (χ0v) is 20.4. The van der Waals surface area contributed by atoms with Crippen molar-refractivity contribution in [2.75, 3.05) is 18.4 Å². The van der Waals surface area contributed by atoms with Crippen molar-refractivity contribution in [3.05, 3.63) is 65.2 Å². The second kappa shape index (κ2) is 12.2. The van der Waals surface area contributed by atoms with Gasteiger partial charge in [0, 0.05) is 42.3 Å². The van der Waals surface area contributed by atoms with Gasteiger partial charge in [-0.05, 0) is 55.5 Å². The van der Waals surface area contributed by atoms with Crippen LogP contribution in [0.4, 0.5) is 10.5 Å². The van der Waals surface area contributed by atoms with E-state index in [-0.39, 0.29) is 11.9 Å². The van der Waals surface area contributed by atoms with Crippen LogP contribution in [0.25, 0.3) is 0 Å². The molecule has 0 spiro atoms. The smallest absolute Gasteiger partial charge is 0.319 e. The fraction of sp³-hybridized carbons (Fsp3) is 0.481. The van der Waals surface area contributed by atoms with Gasteiger partial charge in [-0.15, -0.1) is 0 Å². The lowest BCUT2D eigenvalue weighted by atomic mass is 9.92. The number of nitrogens with one attached hydrogen (secondary N) is 3. The van der Waals surface area contributed by atoms with Crippen LogP contribution in [0.3, 0.4) is 0 Å². The summed E-state index contributed by atoms with van der Waals surface area (Å²) in [5, 5.41) is 9.48. The number of nitrogens with zero attached hydrogens (tertiary/aromatic N) is 1. The molecule has 2 aliphatic rings. The summed E-state index contributed by atoms with van der Waals surface area (Å²) < 4.78 is 0. The number of likely N-dealkylation sites (tertiary alicyclic amines) is 1. The lowest BCUT2D eigenvalue weighted by Gasteiger charge is -2.39. The van der Waals surface area contributed by atoms with E-state index in [0.29, 0.717) is 17.1 Å². The lowest BCUT2D eigenvalue weighted by molar-refractivity contribution is -0.124. The third-order valence-corrected chi connectivity index (χ3v) is 7.23. The van der Waals surface area contributed by atoms with Crippen molar-refractivity contribution in [2.45, 2.75) is 69.5 Å². The van der Waals surface area contributed by atoms with E-state index in [1.807, 2.05) is 30.3 Å². The molecule has 3 amide bonds. The summed E-state index contributed by atoms with van der Waals surface area (Å²) in [6.45, 7) is 2.06. The van der Waals surface area contributed by atoms with E-state index in [9.17, 15) is 9.59 Å². The molecule has 0 aromatic heterocycles. The Labute approximate surface area is 207 Å². The molecule has 1 heterocycles. The Morgan fingerprint density at radius 2 is 1.59 bits per heavy atom. The molecule has 6 nitrogen and oxygen atoms in total. The molecule has 0 bridgehead atoms. The Hall–Kier alpha value is -2.57. The van der Waals surface area contributed by atoms with Gasteiger partial charge in [-0.3, -0.25) is 4.79 Å². The Balaban J connectivity index is 1.33. The van der Waals surface area contributed by atoms with Crippen LogP contribution >= 0.6 is 11.6 Å². The molecule has 2 aromatic rings. The van der Waals surface area contributed by atoms with Crippen molar-refractivity contribution >= 4 is 29.2 Å². The minimum Gasteiger partial charge on any atom is -0.351 e. The van der Waals surface area contributed by atoms with Gasteiger partial charge < -0.3 is 20.9 Å². The summed E-state index contributed by atoms with van der Waals surface area (Å²) in [7, 11) is 0. The monoisotopic (exact) mass is 482 g/mol. The zero-order chi connectivity index (χ0) is 23.8. The third-order valence-electron chi connectivity index (χ3n) is 6.97. The summed E-state index contributed by atoms with van der Waals surface area (Å²) in [5.74, 6) is -0.133. The fourth-order valence-corrected chi connectivity index (χ4v) is 5.20. The average Bonchev–Trinajstić information content (AvgIpc) is 2.87. The standard InChI is InChI=1S/C27H35ClN4O2/c28-21-11-13-22(14-12-21)30-27(34)31-25(19-20-7-3-1-4-8-20)26(33)29-23-15-17-32(18-16-23)24-9-5-2-6-10-24/h1,3-4,7-8,11-14,23-25H,2,5-6,9-10,15-19H2,(H,29,33)(H2,30,31,34)/t25-/m0/s1. The zero-order valence-electron chi connectivity index (χ0n) is 19.6. The molecule has 2 aromatic carbocycles. The minimum atomic E-state index is -0.661. The van der Waals surface area contributed by atoms with Crippen molar-refractivity contribution in [1.29, 1.82) is 0 Å². The van der Waals surface area contributed by atoms with Crippen LogP contribution in [0.2, 0.25) is 5.02 Å². The van der Waals surface area contributed by atoms with Crippen LogP contribution in [0.15, 0.2) is 54.6 Å². The largest absolute Gasteiger partial charge is 0.351 e. The molecule has 0 radical (unpaired) electrons. The van der Waals surface area contributed by atoms with E-state index < -0.39 is 12.1 Å². The second-order valence-corrected chi connectivity index (χ2v) is 9.89. The number of rotatable bonds is 7. The molecule has 1 atom stereocenters. The molecule has 182 valence electrons. The number of halogens is 1. The highest BCUT2D eigenvalue weighted by atomic mass is 35.5. The Bertz CT molecular complexity index is 923. The van der Waals surface area contributed by atoms with Crippen molar-refractivity contribution in [2.24, 2.45) is 0 Å². The topological polar surface area (TPSA) is 73.5 Å². The van der Waals surface area contributed by atoms with Gasteiger partial charge in [-0.1, -0.05) is 61.2 Å². The molecule has 1 saturated heterocycles. The average molecular weight is 483 g/mol. The van der Waals surface area contributed by atoms with Crippen molar-refractivity contribution in [1.82, 2.24) is 15.5 Å². The number of carbonyl (C=O) groups excluding carboxylic acids is 2. The van der Waals surface area contributed by atoms with E-state index in [4.69, 9.17) is 11.6 Å². The van der Waals surface area contributed by atoms with Crippen LogP contribution in [-0.2, 0) is 11.2 Å². The molecule has 7 heteroatoms. The van der Waals surface area contributed by atoms with Gasteiger partial charge in [-0.25, -0.2) is 4.79 Å². The number of amides is 3. The summed E-state index contributed by atoms with van der Waals surface area (Å²) in [6.07, 6.45) is 9.00. The molecule has 1 aliphatic carbocycles. The number of anilines is 1. The highest BCUT2D eigenvalue weighted by Gasteiger charge is 2.29. The van der Waals surface area contributed by atoms with Crippen LogP contribution < -0.4 is 16.0 Å². The first kappa shape index (κ1) is 24.6. The quantitative estimate of drug-likeness (QED) is 0.520. The number of hydrogen-bond acceptors (Lipinski definition) is 3. The molecular formula is C27H35ClN4O2. The molecule has 4 rings (SSSR count). The highest BCUT2D eigenvalue weighted by Crippen LogP contribution is 2.25. The molecule has 0 unspecified atom stereocenters. The highest BCUT2D eigenvalue weighted by molar-refractivity contribution is 6.30. The van der Waals surface area contributed by atoms with Crippen LogP contribution in [0.1, 0.15) is 50.5 Å². The van der Waals surface area contributed by atoms with Gasteiger partial charge in [0.2, 0.25) is 5.91 Å². The Morgan fingerprint density at radius 3 is 2.26 bits per heavy atom. The molecule has 3 N–H and O–H groups in total. The third kappa shape index (κ3) is 7.21. The predicted octanol–water partition coefficient (Wildman–Crippen LogP) is 4.99. The Morgan fingerprint density at radius 1 is 0.912 bits per heavy atom. The molecule has 34 heavy (non-hydrogen) atoms. The number of piperidine rings is 1. The minimum absolute atomic E-state index is 0.133. The number of urea groups is 1. The first-order valence-corrected chi connectivity index (χ1v) is 12.9. The fourth-order valence-electron chi connectivity index (χ4n) is 5.07. The van der Waals surface area contributed by atoms with Crippen LogP contribution in [0, 0.1) is 0 Å². The van der Waals surface area contributed by atoms with Gasteiger partial charge >= 0.3 is 6.03 Å². The summed E-state index contributed by atoms with van der Waals surface area (Å²) in [6, 6.07) is 16.5. The lowest BCUT2D eigenvalue weighted by Crippen LogP contribution is -2.54.